The van der Waals surface area contributed by atoms with Crippen molar-refractivity contribution in [3.05, 3.63) is 28.6 Å². The summed E-state index contributed by atoms with van der Waals surface area (Å²) in [7, 11) is 1.61. The van der Waals surface area contributed by atoms with E-state index in [1.165, 1.54) is 11.3 Å². The van der Waals surface area contributed by atoms with Gasteiger partial charge in [-0.05, 0) is 19.1 Å². The first-order valence-corrected chi connectivity index (χ1v) is 6.72. The summed E-state index contributed by atoms with van der Waals surface area (Å²) < 4.78 is 11.0. The second-order valence-electron chi connectivity index (χ2n) is 4.19. The monoisotopic (exact) mass is 275 g/mol. The first-order chi connectivity index (χ1) is 9.19. The van der Waals surface area contributed by atoms with Crippen molar-refractivity contribution in [3.63, 3.8) is 0 Å². The lowest BCUT2D eigenvalue weighted by atomic mass is 10.3. The maximum atomic E-state index is 5.80. The normalized spacial score (nSPS) is 12.8. The van der Waals surface area contributed by atoms with Gasteiger partial charge < -0.3 is 14.9 Å². The summed E-state index contributed by atoms with van der Waals surface area (Å²) in [5.41, 5.74) is 7.90. The summed E-state index contributed by atoms with van der Waals surface area (Å²) in [6.45, 7) is 1.90. The van der Waals surface area contributed by atoms with Gasteiger partial charge in [0.25, 0.3) is 0 Å². The summed E-state index contributed by atoms with van der Waals surface area (Å²) in [6.07, 6.45) is 0. The number of benzene rings is 1. The van der Waals surface area contributed by atoms with Crippen LogP contribution in [0.3, 0.4) is 0 Å². The molecule has 0 saturated carbocycles. The van der Waals surface area contributed by atoms with Crippen molar-refractivity contribution in [2.24, 2.45) is 5.73 Å². The molecule has 0 aliphatic carbocycles. The van der Waals surface area contributed by atoms with Crippen LogP contribution in [0.1, 0.15) is 18.0 Å². The van der Waals surface area contributed by atoms with Crippen molar-refractivity contribution in [1.82, 2.24) is 9.97 Å². The molecule has 0 spiro atoms. The minimum atomic E-state index is -0.0855. The minimum absolute atomic E-state index is 0.0855. The maximum absolute atomic E-state index is 5.80. The zero-order chi connectivity index (χ0) is 13.4. The van der Waals surface area contributed by atoms with Crippen molar-refractivity contribution in [1.29, 1.82) is 0 Å². The van der Waals surface area contributed by atoms with Gasteiger partial charge in [0.2, 0.25) is 5.89 Å². The number of nitrogens with two attached hydrogens (primary N) is 1. The van der Waals surface area contributed by atoms with E-state index in [0.29, 0.717) is 28.4 Å². The van der Waals surface area contributed by atoms with Crippen LogP contribution in [0.15, 0.2) is 28.0 Å². The topological polar surface area (TPSA) is 74.2 Å². The first-order valence-electron chi connectivity index (χ1n) is 5.84. The average Bonchev–Trinajstić information content (AvgIpc) is 3.04. The summed E-state index contributed by atoms with van der Waals surface area (Å²) in [5, 5.41) is 2.76. The number of fused-ring (bicyclic) bond motifs is 1. The van der Waals surface area contributed by atoms with Crippen LogP contribution in [0.4, 0.5) is 0 Å². The van der Waals surface area contributed by atoms with Gasteiger partial charge >= 0.3 is 0 Å². The van der Waals surface area contributed by atoms with Gasteiger partial charge in [0.1, 0.15) is 16.5 Å². The Hall–Kier alpha value is -1.92. The van der Waals surface area contributed by atoms with Crippen molar-refractivity contribution in [2.45, 2.75) is 13.0 Å². The van der Waals surface area contributed by atoms with Crippen LogP contribution in [0.2, 0.25) is 0 Å². The van der Waals surface area contributed by atoms with E-state index in [1.54, 1.807) is 7.11 Å². The average molecular weight is 275 g/mol. The molecule has 0 fully saturated rings. The Bertz CT molecular complexity index is 718. The quantitative estimate of drug-likeness (QED) is 0.795. The van der Waals surface area contributed by atoms with Gasteiger partial charge in [-0.15, -0.1) is 11.3 Å². The second kappa shape index (κ2) is 4.64. The van der Waals surface area contributed by atoms with Crippen LogP contribution < -0.4 is 10.5 Å². The van der Waals surface area contributed by atoms with E-state index < -0.39 is 0 Å². The van der Waals surface area contributed by atoms with E-state index in [1.807, 2.05) is 30.5 Å². The van der Waals surface area contributed by atoms with E-state index in [9.17, 15) is 0 Å². The molecule has 3 rings (SSSR count). The molecule has 0 amide bonds. The van der Waals surface area contributed by atoms with E-state index in [0.717, 1.165) is 5.01 Å². The number of hydrogen-bond donors (Lipinski definition) is 1. The molecule has 3 aromatic rings. The van der Waals surface area contributed by atoms with Gasteiger partial charge in [0.05, 0.1) is 13.2 Å². The van der Waals surface area contributed by atoms with E-state index in [-0.39, 0.29) is 6.04 Å². The van der Waals surface area contributed by atoms with Gasteiger partial charge in [0.15, 0.2) is 11.1 Å². The third-order valence-electron chi connectivity index (χ3n) is 2.73. The Kier molecular flexibility index (Phi) is 2.96. The number of nitrogens with zero attached hydrogens (tertiary/aromatic N) is 2. The second-order valence-corrected chi connectivity index (χ2v) is 5.08. The first kappa shape index (κ1) is 12.1. The van der Waals surface area contributed by atoms with Crippen molar-refractivity contribution in [2.75, 3.05) is 7.11 Å². The lowest BCUT2D eigenvalue weighted by Gasteiger charge is -1.96. The highest BCUT2D eigenvalue weighted by Crippen LogP contribution is 2.31. The Balaban J connectivity index is 2.09. The Labute approximate surface area is 114 Å². The van der Waals surface area contributed by atoms with E-state index >= 15 is 0 Å². The molecule has 0 aliphatic heterocycles. The smallest absolute Gasteiger partial charge is 0.247 e. The molecule has 2 N–H and O–H groups in total. The van der Waals surface area contributed by atoms with Crippen LogP contribution in [-0.2, 0) is 0 Å². The largest absolute Gasteiger partial charge is 0.494 e. The van der Waals surface area contributed by atoms with Crippen molar-refractivity contribution < 1.29 is 9.15 Å². The van der Waals surface area contributed by atoms with E-state index in [4.69, 9.17) is 14.9 Å². The fourth-order valence-electron chi connectivity index (χ4n) is 1.79. The van der Waals surface area contributed by atoms with Crippen LogP contribution in [0, 0.1) is 0 Å². The molecular weight excluding hydrogens is 262 g/mol. The molecule has 2 aromatic heterocycles. The number of oxazole rings is 1. The highest BCUT2D eigenvalue weighted by molar-refractivity contribution is 7.10. The molecule has 98 valence electrons. The third-order valence-corrected chi connectivity index (χ3v) is 3.78. The van der Waals surface area contributed by atoms with Crippen molar-refractivity contribution >= 4 is 22.4 Å². The molecule has 1 atom stereocenters. The Morgan fingerprint density at radius 2 is 2.21 bits per heavy atom. The highest BCUT2D eigenvalue weighted by Gasteiger charge is 2.15. The molecule has 0 radical (unpaired) electrons. The van der Waals surface area contributed by atoms with Gasteiger partial charge in [-0.2, -0.15) is 0 Å². The lowest BCUT2D eigenvalue weighted by molar-refractivity contribution is 0.419. The van der Waals surface area contributed by atoms with Gasteiger partial charge in [-0.3, -0.25) is 0 Å². The number of rotatable bonds is 3. The Morgan fingerprint density at radius 1 is 1.37 bits per heavy atom. The molecular formula is C13H13N3O2S. The molecule has 2 heterocycles. The number of para-hydroxylation sites is 1. The molecule has 1 unspecified atom stereocenters. The zero-order valence-corrected chi connectivity index (χ0v) is 11.4. The lowest BCUT2D eigenvalue weighted by Crippen LogP contribution is -2.03. The Morgan fingerprint density at radius 3 is 2.89 bits per heavy atom. The number of hydrogen-bond acceptors (Lipinski definition) is 6. The van der Waals surface area contributed by atoms with Crippen LogP contribution in [-0.4, -0.2) is 17.1 Å². The molecule has 0 aliphatic rings. The third kappa shape index (κ3) is 2.09. The fraction of sp³-hybridized carbons (Fsp3) is 0.231. The summed E-state index contributed by atoms with van der Waals surface area (Å²) >= 11 is 1.50. The van der Waals surface area contributed by atoms with Gasteiger partial charge in [-0.25, -0.2) is 9.97 Å². The summed E-state index contributed by atoms with van der Waals surface area (Å²) in [4.78, 5) is 8.87. The summed E-state index contributed by atoms with van der Waals surface area (Å²) in [6, 6.07) is 5.48. The van der Waals surface area contributed by atoms with Crippen LogP contribution in [0.5, 0.6) is 5.75 Å². The van der Waals surface area contributed by atoms with Crippen LogP contribution in [0.25, 0.3) is 22.7 Å². The molecule has 1 aromatic carbocycles. The molecule has 0 saturated heterocycles. The number of thiazole rings is 1. The standard InChI is InChI=1S/C13H13N3O2S/c1-7(14)13-15-8(6-19-13)12-16-11-9(17-2)4-3-5-10(11)18-12/h3-7H,14H2,1-2H3. The van der Waals surface area contributed by atoms with Crippen molar-refractivity contribution in [3.8, 4) is 17.3 Å². The number of methoxy groups -OCH3 is 1. The predicted molar refractivity (Wildman–Crippen MR) is 74.3 cm³/mol. The van der Waals surface area contributed by atoms with E-state index in [2.05, 4.69) is 9.97 Å². The number of aromatic nitrogens is 2. The fourth-order valence-corrected chi connectivity index (χ4v) is 2.54. The molecule has 6 heteroatoms. The molecule has 0 bridgehead atoms. The maximum Gasteiger partial charge on any atom is 0.247 e. The number of ether oxygens (including phenoxy) is 1. The SMILES string of the molecule is COc1cccc2oc(-c3csc(C(C)N)n3)nc12. The van der Waals surface area contributed by atoms with Gasteiger partial charge in [-0.1, -0.05) is 6.07 Å². The van der Waals surface area contributed by atoms with Crippen LogP contribution >= 0.6 is 11.3 Å². The van der Waals surface area contributed by atoms with Gasteiger partial charge in [0, 0.05) is 5.38 Å². The zero-order valence-electron chi connectivity index (χ0n) is 10.6. The molecule has 5 nitrogen and oxygen atoms in total. The molecule has 19 heavy (non-hydrogen) atoms. The predicted octanol–water partition coefficient (Wildman–Crippen LogP) is 2.98. The minimum Gasteiger partial charge on any atom is -0.494 e. The highest BCUT2D eigenvalue weighted by atomic mass is 32.1. The summed E-state index contributed by atoms with van der Waals surface area (Å²) in [5.74, 6) is 1.18.